The van der Waals surface area contributed by atoms with Gasteiger partial charge in [0.25, 0.3) is 0 Å². The van der Waals surface area contributed by atoms with Crippen LogP contribution in [-0.4, -0.2) is 39.0 Å². The fourth-order valence-electron chi connectivity index (χ4n) is 3.48. The minimum atomic E-state index is -0.217. The predicted octanol–water partition coefficient (Wildman–Crippen LogP) is 4.86. The van der Waals surface area contributed by atoms with E-state index >= 15 is 0 Å². The normalized spacial score (nSPS) is 15.0. The molecule has 0 spiro atoms. The van der Waals surface area contributed by atoms with Crippen LogP contribution in [0.5, 0.6) is 0 Å². The Kier molecular flexibility index (Phi) is 6.17. The van der Waals surface area contributed by atoms with Gasteiger partial charge in [0.2, 0.25) is 4.96 Å². The molecule has 0 saturated heterocycles. The summed E-state index contributed by atoms with van der Waals surface area (Å²) in [5.74, 6) is 1.000. The third-order valence-corrected chi connectivity index (χ3v) is 6.81. The smallest absolute Gasteiger partial charge is 0.316 e. The van der Waals surface area contributed by atoms with E-state index in [1.807, 2.05) is 29.6 Å². The molecule has 1 saturated carbocycles. The van der Waals surface area contributed by atoms with Gasteiger partial charge in [-0.2, -0.15) is 4.52 Å². The van der Waals surface area contributed by atoms with Crippen LogP contribution < -0.4 is 5.32 Å². The summed E-state index contributed by atoms with van der Waals surface area (Å²) >= 11 is 2.90. The number of carbonyl (C=O) groups excluding carboxylic acids is 1. The van der Waals surface area contributed by atoms with Crippen LogP contribution in [0.3, 0.4) is 0 Å². The number of benzene rings is 1. The first-order valence-corrected chi connectivity index (χ1v) is 11.5. The molecule has 4 rings (SSSR count). The van der Waals surface area contributed by atoms with Gasteiger partial charge in [0.1, 0.15) is 5.69 Å². The van der Waals surface area contributed by atoms with Crippen LogP contribution in [0.1, 0.15) is 39.0 Å². The molecular formula is C20H24N4O2S2. The molecule has 148 valence electrons. The third-order valence-electron chi connectivity index (χ3n) is 4.80. The highest BCUT2D eigenvalue weighted by Crippen LogP contribution is 2.35. The Hall–Kier alpha value is -2.06. The Morgan fingerprint density at radius 1 is 1.29 bits per heavy atom. The van der Waals surface area contributed by atoms with Crippen molar-refractivity contribution in [1.82, 2.24) is 14.6 Å². The van der Waals surface area contributed by atoms with Crippen LogP contribution in [0.25, 0.3) is 16.2 Å². The zero-order valence-electron chi connectivity index (χ0n) is 15.9. The van der Waals surface area contributed by atoms with E-state index in [0.29, 0.717) is 12.6 Å². The van der Waals surface area contributed by atoms with Crippen molar-refractivity contribution in [3.8, 4) is 11.3 Å². The molecule has 2 heterocycles. The Bertz CT molecular complexity index is 932. The van der Waals surface area contributed by atoms with Gasteiger partial charge in [-0.05, 0) is 19.8 Å². The van der Waals surface area contributed by atoms with E-state index in [1.165, 1.54) is 55.2 Å². The van der Waals surface area contributed by atoms with Gasteiger partial charge >= 0.3 is 5.97 Å². The first kappa shape index (κ1) is 19.3. The van der Waals surface area contributed by atoms with Gasteiger partial charge in [0.05, 0.1) is 12.4 Å². The fourth-order valence-corrected chi connectivity index (χ4v) is 5.21. The molecular weight excluding hydrogens is 392 g/mol. The Morgan fingerprint density at radius 3 is 2.82 bits per heavy atom. The molecule has 2 aromatic heterocycles. The number of anilines is 1. The van der Waals surface area contributed by atoms with Crippen molar-refractivity contribution in [2.45, 2.75) is 49.4 Å². The van der Waals surface area contributed by atoms with Crippen molar-refractivity contribution in [2.75, 3.05) is 17.7 Å². The molecule has 0 radical (unpaired) electrons. The van der Waals surface area contributed by atoms with Crippen molar-refractivity contribution in [1.29, 1.82) is 0 Å². The number of fused-ring (bicyclic) bond motifs is 1. The van der Waals surface area contributed by atoms with E-state index in [1.54, 1.807) is 0 Å². The molecule has 1 aliphatic carbocycles. The maximum absolute atomic E-state index is 11.6. The monoisotopic (exact) mass is 416 g/mol. The standard InChI is InChI=1S/C20H24N4O2S2/c1-2-26-16(25)13-27-20-23-24-18(21-15-11-7-4-8-12-15)17(22-19(24)28-20)14-9-5-3-6-10-14/h3,5-6,9-10,15,21H,2,4,7-8,11-13H2,1H3. The second-order valence-electron chi connectivity index (χ2n) is 6.81. The zero-order chi connectivity index (χ0) is 19.3. The van der Waals surface area contributed by atoms with Gasteiger partial charge in [0, 0.05) is 11.6 Å². The molecule has 0 atom stereocenters. The lowest BCUT2D eigenvalue weighted by Gasteiger charge is -2.23. The fraction of sp³-hybridized carbons (Fsp3) is 0.450. The first-order valence-electron chi connectivity index (χ1n) is 9.74. The van der Waals surface area contributed by atoms with Crippen LogP contribution in [0.4, 0.5) is 5.82 Å². The van der Waals surface area contributed by atoms with E-state index in [9.17, 15) is 4.79 Å². The van der Waals surface area contributed by atoms with Crippen LogP contribution >= 0.6 is 23.1 Å². The minimum Gasteiger partial charge on any atom is -0.465 e. The number of hydrogen-bond acceptors (Lipinski definition) is 7. The second-order valence-corrected chi connectivity index (χ2v) is 8.99. The maximum Gasteiger partial charge on any atom is 0.316 e. The van der Waals surface area contributed by atoms with Crippen LogP contribution in [0.2, 0.25) is 0 Å². The highest BCUT2D eigenvalue weighted by Gasteiger charge is 2.22. The Morgan fingerprint density at radius 2 is 2.07 bits per heavy atom. The second kappa shape index (κ2) is 8.96. The summed E-state index contributed by atoms with van der Waals surface area (Å²) in [7, 11) is 0. The van der Waals surface area contributed by atoms with Crippen LogP contribution in [0, 0.1) is 0 Å². The number of esters is 1. The largest absolute Gasteiger partial charge is 0.465 e. The average Bonchev–Trinajstić information content (AvgIpc) is 3.27. The summed E-state index contributed by atoms with van der Waals surface area (Å²) in [5.41, 5.74) is 2.02. The molecule has 1 aliphatic rings. The van der Waals surface area contributed by atoms with Crippen LogP contribution in [0.15, 0.2) is 34.7 Å². The number of aromatic nitrogens is 3. The number of nitrogens with one attached hydrogen (secondary N) is 1. The number of thioether (sulfide) groups is 1. The lowest BCUT2D eigenvalue weighted by Crippen LogP contribution is -2.23. The van der Waals surface area contributed by atoms with Gasteiger partial charge in [-0.25, -0.2) is 4.98 Å². The van der Waals surface area contributed by atoms with Gasteiger partial charge in [-0.1, -0.05) is 72.7 Å². The average molecular weight is 417 g/mol. The first-order chi connectivity index (χ1) is 13.7. The summed E-state index contributed by atoms with van der Waals surface area (Å²) in [6.45, 7) is 2.21. The number of nitrogens with zero attached hydrogens (tertiary/aromatic N) is 3. The quantitative estimate of drug-likeness (QED) is 0.438. The number of rotatable bonds is 7. The summed E-state index contributed by atoms with van der Waals surface area (Å²) < 4.78 is 7.72. The van der Waals surface area contributed by atoms with Crippen molar-refractivity contribution in [3.63, 3.8) is 0 Å². The third kappa shape index (κ3) is 4.33. The summed E-state index contributed by atoms with van der Waals surface area (Å²) in [4.78, 5) is 17.3. The predicted molar refractivity (Wildman–Crippen MR) is 114 cm³/mol. The van der Waals surface area contributed by atoms with Gasteiger partial charge < -0.3 is 10.1 Å². The Labute approximate surface area is 172 Å². The van der Waals surface area contributed by atoms with Crippen molar-refractivity contribution >= 4 is 39.8 Å². The molecule has 1 aromatic carbocycles. The summed E-state index contributed by atoms with van der Waals surface area (Å²) in [6.07, 6.45) is 6.19. The van der Waals surface area contributed by atoms with E-state index in [-0.39, 0.29) is 11.7 Å². The SMILES string of the molecule is CCOC(=O)CSc1nn2c(NC3CCCCC3)c(-c3ccccc3)nc2s1. The van der Waals surface area contributed by atoms with E-state index in [2.05, 4.69) is 17.4 Å². The number of imidazole rings is 1. The topological polar surface area (TPSA) is 68.5 Å². The molecule has 1 N–H and O–H groups in total. The van der Waals surface area contributed by atoms with E-state index in [0.717, 1.165) is 26.4 Å². The maximum atomic E-state index is 11.6. The minimum absolute atomic E-state index is 0.217. The van der Waals surface area contributed by atoms with E-state index in [4.69, 9.17) is 14.8 Å². The van der Waals surface area contributed by atoms with Gasteiger partial charge in [0.15, 0.2) is 10.2 Å². The highest BCUT2D eigenvalue weighted by atomic mass is 32.2. The number of hydrogen-bond donors (Lipinski definition) is 1. The molecule has 6 nitrogen and oxygen atoms in total. The van der Waals surface area contributed by atoms with Crippen molar-refractivity contribution in [2.24, 2.45) is 0 Å². The number of carbonyl (C=O) groups is 1. The zero-order valence-corrected chi connectivity index (χ0v) is 17.5. The summed E-state index contributed by atoms with van der Waals surface area (Å²) in [5, 5.41) is 8.43. The lowest BCUT2D eigenvalue weighted by molar-refractivity contribution is -0.139. The van der Waals surface area contributed by atoms with Gasteiger partial charge in [-0.15, -0.1) is 5.10 Å². The van der Waals surface area contributed by atoms with Crippen molar-refractivity contribution < 1.29 is 9.53 Å². The van der Waals surface area contributed by atoms with Crippen LogP contribution in [-0.2, 0) is 9.53 Å². The molecule has 1 fully saturated rings. The lowest BCUT2D eigenvalue weighted by atomic mass is 9.95. The van der Waals surface area contributed by atoms with Crippen molar-refractivity contribution in [3.05, 3.63) is 30.3 Å². The molecule has 0 amide bonds. The molecule has 28 heavy (non-hydrogen) atoms. The molecule has 0 unspecified atom stereocenters. The van der Waals surface area contributed by atoms with E-state index < -0.39 is 0 Å². The number of ether oxygens (including phenoxy) is 1. The molecule has 8 heteroatoms. The highest BCUT2D eigenvalue weighted by molar-refractivity contribution is 8.01. The molecule has 0 bridgehead atoms. The summed E-state index contributed by atoms with van der Waals surface area (Å²) in [6, 6.07) is 10.7. The Balaban J connectivity index is 1.63. The molecule has 3 aromatic rings. The molecule has 0 aliphatic heterocycles. The van der Waals surface area contributed by atoms with Gasteiger partial charge in [-0.3, -0.25) is 4.79 Å².